The van der Waals surface area contributed by atoms with Crippen LogP contribution in [0.5, 0.6) is 0 Å². The number of benzene rings is 2. The highest BCUT2D eigenvalue weighted by Crippen LogP contribution is 2.25. The molecule has 35 heavy (non-hydrogen) atoms. The van der Waals surface area contributed by atoms with Gasteiger partial charge in [0.2, 0.25) is 0 Å². The van der Waals surface area contributed by atoms with Gasteiger partial charge < -0.3 is 15.0 Å². The lowest BCUT2D eigenvalue weighted by atomic mass is 10.1. The normalized spacial score (nSPS) is 15.4. The zero-order valence-electron chi connectivity index (χ0n) is 20.2. The molecular weight excluding hydrogens is 446 g/mol. The van der Waals surface area contributed by atoms with E-state index in [1.807, 2.05) is 38.1 Å². The quantitative estimate of drug-likeness (QED) is 0.454. The number of amides is 3. The van der Waals surface area contributed by atoms with Gasteiger partial charge in [-0.15, -0.1) is 0 Å². The summed E-state index contributed by atoms with van der Waals surface area (Å²) in [7, 11) is 0. The smallest absolute Gasteiger partial charge is 0.338 e. The molecule has 0 unspecified atom stereocenters. The zero-order valence-corrected chi connectivity index (χ0v) is 20.2. The molecule has 8 heteroatoms. The lowest BCUT2D eigenvalue weighted by molar-refractivity contribution is -0.119. The van der Waals surface area contributed by atoms with Crippen molar-refractivity contribution >= 4 is 35.1 Å². The summed E-state index contributed by atoms with van der Waals surface area (Å²) in [6.45, 7) is 6.00. The first-order valence-corrected chi connectivity index (χ1v) is 12.2. The van der Waals surface area contributed by atoms with Crippen LogP contribution in [0.4, 0.5) is 11.4 Å². The van der Waals surface area contributed by atoms with E-state index in [0.29, 0.717) is 24.6 Å². The summed E-state index contributed by atoms with van der Waals surface area (Å²) >= 11 is 0. The molecule has 4 rings (SSSR count). The van der Waals surface area contributed by atoms with Crippen molar-refractivity contribution in [1.29, 1.82) is 0 Å². The standard InChI is InChI=1S/C27H31N3O5/c1-18(2)12-15-30-25(32)22-11-6-19(16-23(22)26(30)33)27(34)35-17-24(31)28-20-7-9-21(10-8-20)29-13-4-3-5-14-29/h6-11,16,18H,3-5,12-15,17H2,1-2H3,(H,28,31). The molecule has 0 radical (unpaired) electrons. The fourth-order valence-corrected chi connectivity index (χ4v) is 4.33. The van der Waals surface area contributed by atoms with Crippen LogP contribution < -0.4 is 10.2 Å². The maximum atomic E-state index is 12.7. The molecule has 2 heterocycles. The number of carbonyl (C=O) groups is 4. The fourth-order valence-electron chi connectivity index (χ4n) is 4.33. The maximum absolute atomic E-state index is 12.7. The average Bonchev–Trinajstić information content (AvgIpc) is 3.11. The van der Waals surface area contributed by atoms with Crippen molar-refractivity contribution in [1.82, 2.24) is 4.90 Å². The molecule has 0 atom stereocenters. The first-order valence-electron chi connectivity index (χ1n) is 12.2. The van der Waals surface area contributed by atoms with Gasteiger partial charge >= 0.3 is 5.97 Å². The monoisotopic (exact) mass is 477 g/mol. The molecule has 1 fully saturated rings. The van der Waals surface area contributed by atoms with Crippen LogP contribution in [-0.4, -0.2) is 54.8 Å². The number of rotatable bonds is 8. The van der Waals surface area contributed by atoms with Gasteiger partial charge in [0.1, 0.15) is 0 Å². The van der Waals surface area contributed by atoms with E-state index in [9.17, 15) is 19.2 Å². The molecule has 2 aromatic rings. The number of fused-ring (bicyclic) bond motifs is 1. The second-order valence-corrected chi connectivity index (χ2v) is 9.42. The Morgan fingerprint density at radius 2 is 1.63 bits per heavy atom. The van der Waals surface area contributed by atoms with E-state index in [4.69, 9.17) is 4.74 Å². The Morgan fingerprint density at radius 3 is 2.31 bits per heavy atom. The molecule has 2 aliphatic heterocycles. The minimum Gasteiger partial charge on any atom is -0.452 e. The molecule has 2 aliphatic rings. The van der Waals surface area contributed by atoms with Gasteiger partial charge in [0.25, 0.3) is 17.7 Å². The summed E-state index contributed by atoms with van der Waals surface area (Å²) < 4.78 is 5.14. The van der Waals surface area contributed by atoms with E-state index in [2.05, 4.69) is 10.2 Å². The van der Waals surface area contributed by atoms with Crippen molar-refractivity contribution in [3.05, 3.63) is 59.2 Å². The van der Waals surface area contributed by atoms with Crippen LogP contribution >= 0.6 is 0 Å². The second-order valence-electron chi connectivity index (χ2n) is 9.42. The van der Waals surface area contributed by atoms with Crippen LogP contribution in [0.3, 0.4) is 0 Å². The van der Waals surface area contributed by atoms with Gasteiger partial charge in [0.15, 0.2) is 6.61 Å². The largest absolute Gasteiger partial charge is 0.452 e. The van der Waals surface area contributed by atoms with Gasteiger partial charge in [-0.25, -0.2) is 4.79 Å². The Hall–Kier alpha value is -3.68. The van der Waals surface area contributed by atoms with Crippen molar-refractivity contribution in [2.24, 2.45) is 5.92 Å². The molecule has 0 saturated carbocycles. The van der Waals surface area contributed by atoms with Crippen LogP contribution in [0.25, 0.3) is 0 Å². The van der Waals surface area contributed by atoms with E-state index < -0.39 is 24.4 Å². The lowest BCUT2D eigenvalue weighted by Crippen LogP contribution is -2.31. The summed E-state index contributed by atoms with van der Waals surface area (Å²) in [4.78, 5) is 53.5. The van der Waals surface area contributed by atoms with Crippen molar-refractivity contribution in [3.63, 3.8) is 0 Å². The van der Waals surface area contributed by atoms with Gasteiger partial charge in [0.05, 0.1) is 16.7 Å². The SMILES string of the molecule is CC(C)CCN1C(=O)c2ccc(C(=O)OCC(=O)Nc3ccc(N4CCCCC4)cc3)cc2C1=O. The number of piperidine rings is 1. The Balaban J connectivity index is 1.31. The number of nitrogens with zero attached hydrogens (tertiary/aromatic N) is 2. The van der Waals surface area contributed by atoms with Crippen molar-refractivity contribution < 1.29 is 23.9 Å². The van der Waals surface area contributed by atoms with Gasteiger partial charge in [-0.05, 0) is 74.1 Å². The minimum absolute atomic E-state index is 0.120. The molecular formula is C27H31N3O5. The van der Waals surface area contributed by atoms with Crippen LogP contribution in [0.1, 0.15) is 70.6 Å². The maximum Gasteiger partial charge on any atom is 0.338 e. The second kappa shape index (κ2) is 10.7. The number of esters is 1. The number of ether oxygens (including phenoxy) is 1. The Bertz CT molecular complexity index is 1120. The highest BCUT2D eigenvalue weighted by atomic mass is 16.5. The number of nitrogens with one attached hydrogen (secondary N) is 1. The summed E-state index contributed by atoms with van der Waals surface area (Å²) in [5, 5.41) is 2.72. The van der Waals surface area contributed by atoms with Gasteiger partial charge in [-0.2, -0.15) is 0 Å². The highest BCUT2D eigenvalue weighted by Gasteiger charge is 2.35. The van der Waals surface area contributed by atoms with Crippen LogP contribution in [0, 0.1) is 5.92 Å². The first-order chi connectivity index (χ1) is 16.8. The third-order valence-corrected chi connectivity index (χ3v) is 6.34. The summed E-state index contributed by atoms with van der Waals surface area (Å²) in [6, 6.07) is 11.9. The molecule has 2 aromatic carbocycles. The number of hydrogen-bond acceptors (Lipinski definition) is 6. The van der Waals surface area contributed by atoms with E-state index in [1.165, 1.54) is 42.4 Å². The first kappa shape index (κ1) is 24.4. The van der Waals surface area contributed by atoms with E-state index >= 15 is 0 Å². The molecule has 184 valence electrons. The summed E-state index contributed by atoms with van der Waals surface area (Å²) in [5.74, 6) is -1.61. The van der Waals surface area contributed by atoms with Crippen molar-refractivity contribution in [2.45, 2.75) is 39.5 Å². The van der Waals surface area contributed by atoms with Crippen LogP contribution in [0.15, 0.2) is 42.5 Å². The topological polar surface area (TPSA) is 96.0 Å². The Kier molecular flexibility index (Phi) is 7.48. The van der Waals surface area contributed by atoms with Crippen molar-refractivity contribution in [2.75, 3.05) is 36.5 Å². The van der Waals surface area contributed by atoms with E-state index in [0.717, 1.165) is 18.8 Å². The Labute approximate surface area is 205 Å². The predicted octanol–water partition coefficient (Wildman–Crippen LogP) is 4.11. The van der Waals surface area contributed by atoms with Crippen molar-refractivity contribution in [3.8, 4) is 0 Å². The number of imide groups is 1. The van der Waals surface area contributed by atoms with E-state index in [1.54, 1.807) is 0 Å². The third kappa shape index (κ3) is 5.70. The number of carbonyl (C=O) groups excluding carboxylic acids is 4. The van der Waals surface area contributed by atoms with Gasteiger partial charge in [-0.3, -0.25) is 19.3 Å². The summed E-state index contributed by atoms with van der Waals surface area (Å²) in [5.41, 5.74) is 2.33. The zero-order chi connectivity index (χ0) is 24.9. The minimum atomic E-state index is -0.732. The van der Waals surface area contributed by atoms with Crippen LogP contribution in [-0.2, 0) is 9.53 Å². The lowest BCUT2D eigenvalue weighted by Gasteiger charge is -2.28. The van der Waals surface area contributed by atoms with Gasteiger partial charge in [-0.1, -0.05) is 13.8 Å². The van der Waals surface area contributed by atoms with Crippen LogP contribution in [0.2, 0.25) is 0 Å². The molecule has 1 N–H and O–H groups in total. The average molecular weight is 478 g/mol. The molecule has 0 aromatic heterocycles. The molecule has 0 aliphatic carbocycles. The fraction of sp³-hybridized carbons (Fsp3) is 0.407. The highest BCUT2D eigenvalue weighted by molar-refractivity contribution is 6.22. The molecule has 0 bridgehead atoms. The predicted molar refractivity (Wildman–Crippen MR) is 133 cm³/mol. The number of anilines is 2. The Morgan fingerprint density at radius 1 is 0.943 bits per heavy atom. The van der Waals surface area contributed by atoms with E-state index in [-0.39, 0.29) is 22.6 Å². The molecule has 1 saturated heterocycles. The number of hydrogen-bond donors (Lipinski definition) is 1. The van der Waals surface area contributed by atoms with Gasteiger partial charge in [0, 0.05) is 31.0 Å². The molecule has 8 nitrogen and oxygen atoms in total. The summed E-state index contributed by atoms with van der Waals surface area (Å²) in [6.07, 6.45) is 4.35. The molecule has 3 amide bonds. The third-order valence-electron chi connectivity index (χ3n) is 6.34. The molecule has 0 spiro atoms.